The second-order valence-electron chi connectivity index (χ2n) is 6.68. The molecule has 7 nitrogen and oxygen atoms in total. The number of carbonyl (C=O) groups is 1. The van der Waals surface area contributed by atoms with Crippen LogP contribution in [0.15, 0.2) is 59.5 Å². The average Bonchev–Trinajstić information content (AvgIpc) is 3.17. The summed E-state index contributed by atoms with van der Waals surface area (Å²) in [4.78, 5) is 16.0. The van der Waals surface area contributed by atoms with Crippen molar-refractivity contribution in [1.82, 2.24) is 4.98 Å². The van der Waals surface area contributed by atoms with E-state index in [4.69, 9.17) is 32.7 Å². The summed E-state index contributed by atoms with van der Waals surface area (Å²) in [7, 11) is -2.51. The van der Waals surface area contributed by atoms with Crippen molar-refractivity contribution in [3.8, 4) is 11.6 Å². The van der Waals surface area contributed by atoms with Crippen LogP contribution in [0.2, 0.25) is 10.2 Å². The fourth-order valence-corrected chi connectivity index (χ4v) is 5.08. The van der Waals surface area contributed by atoms with Crippen LogP contribution in [-0.2, 0) is 21.2 Å². The molecule has 4 rings (SSSR count). The largest absolute Gasteiger partial charge is 0.465 e. The van der Waals surface area contributed by atoms with E-state index in [1.807, 2.05) is 0 Å². The van der Waals surface area contributed by atoms with Gasteiger partial charge in [0.25, 0.3) is 10.0 Å². The third kappa shape index (κ3) is 4.32. The number of pyridine rings is 1. The van der Waals surface area contributed by atoms with E-state index in [0.717, 1.165) is 5.56 Å². The Hall–Kier alpha value is -2.81. The first kappa shape index (κ1) is 21.4. The van der Waals surface area contributed by atoms with Gasteiger partial charge in [0.15, 0.2) is 0 Å². The third-order valence-corrected chi connectivity index (χ3v) is 7.00. The summed E-state index contributed by atoms with van der Waals surface area (Å²) in [6.45, 7) is 0.311. The van der Waals surface area contributed by atoms with E-state index in [-0.39, 0.29) is 21.5 Å². The Kier molecular flexibility index (Phi) is 5.79. The molecule has 0 radical (unpaired) electrons. The number of sulfonamides is 1. The third-order valence-electron chi connectivity index (χ3n) is 4.73. The fourth-order valence-electron chi connectivity index (χ4n) is 3.26. The quantitative estimate of drug-likeness (QED) is 0.389. The lowest BCUT2D eigenvalue weighted by atomic mass is 10.1. The van der Waals surface area contributed by atoms with Crippen molar-refractivity contribution >= 4 is 44.9 Å². The normalized spacial score (nSPS) is 13.1. The number of hydrogen-bond donors (Lipinski definition) is 0. The van der Waals surface area contributed by atoms with E-state index in [1.165, 1.54) is 47.8 Å². The van der Waals surface area contributed by atoms with Crippen molar-refractivity contribution in [3.05, 3.63) is 75.9 Å². The van der Waals surface area contributed by atoms with Crippen LogP contribution in [-0.4, -0.2) is 33.0 Å². The zero-order chi connectivity index (χ0) is 22.2. The molecule has 0 unspecified atom stereocenters. The average molecular weight is 479 g/mol. The molecule has 2 heterocycles. The summed E-state index contributed by atoms with van der Waals surface area (Å²) in [5, 5.41) is 0.516. The van der Waals surface area contributed by atoms with Gasteiger partial charge < -0.3 is 9.47 Å². The predicted molar refractivity (Wildman–Crippen MR) is 117 cm³/mol. The Labute approximate surface area is 189 Å². The summed E-state index contributed by atoms with van der Waals surface area (Å²) in [5.74, 6) is -0.149. The number of carbonyl (C=O) groups excluding carboxylic acids is 1. The van der Waals surface area contributed by atoms with Gasteiger partial charge in [0.1, 0.15) is 10.9 Å². The van der Waals surface area contributed by atoms with E-state index in [9.17, 15) is 13.2 Å². The lowest BCUT2D eigenvalue weighted by Gasteiger charge is -2.20. The number of esters is 1. The second kappa shape index (κ2) is 8.37. The molecule has 1 aliphatic heterocycles. The van der Waals surface area contributed by atoms with Crippen molar-refractivity contribution in [1.29, 1.82) is 0 Å². The lowest BCUT2D eigenvalue weighted by molar-refractivity contribution is 0.0600. The molecule has 160 valence electrons. The highest BCUT2D eigenvalue weighted by molar-refractivity contribution is 7.92. The van der Waals surface area contributed by atoms with E-state index < -0.39 is 16.0 Å². The van der Waals surface area contributed by atoms with Crippen molar-refractivity contribution in [2.24, 2.45) is 0 Å². The molecule has 0 N–H and O–H groups in total. The van der Waals surface area contributed by atoms with E-state index in [0.29, 0.717) is 29.4 Å². The maximum absolute atomic E-state index is 13.1. The van der Waals surface area contributed by atoms with E-state index in [2.05, 4.69) is 4.98 Å². The number of halogens is 2. The zero-order valence-electron chi connectivity index (χ0n) is 16.2. The molecule has 0 saturated heterocycles. The Balaban J connectivity index is 1.66. The van der Waals surface area contributed by atoms with Gasteiger partial charge in [-0.25, -0.2) is 18.2 Å². The molecule has 0 atom stereocenters. The van der Waals surface area contributed by atoms with Crippen molar-refractivity contribution in [2.45, 2.75) is 11.3 Å². The van der Waals surface area contributed by atoms with Crippen molar-refractivity contribution < 1.29 is 22.7 Å². The minimum atomic E-state index is -3.77. The standard InChI is InChI=1S/C21H16Cl2N2O5S/c1-29-21(26)14-10-19(23)24-20(11-14)30-16-5-2-13-8-9-25(18(13)12-16)31(27,28)17-6-3-15(22)4-7-17/h2-7,10-12H,8-9H2,1H3. The smallest absolute Gasteiger partial charge is 0.338 e. The first-order valence-electron chi connectivity index (χ1n) is 9.13. The number of methoxy groups -OCH3 is 1. The molecule has 1 aromatic heterocycles. The van der Waals surface area contributed by atoms with Crippen LogP contribution in [0.25, 0.3) is 0 Å². The summed E-state index contributed by atoms with van der Waals surface area (Å²) in [6, 6.07) is 13.9. The van der Waals surface area contributed by atoms with Crippen molar-refractivity contribution in [2.75, 3.05) is 18.0 Å². The molecular formula is C21H16Cl2N2O5S. The molecule has 0 saturated carbocycles. The highest BCUT2D eigenvalue weighted by Crippen LogP contribution is 2.37. The summed E-state index contributed by atoms with van der Waals surface area (Å²) in [6.07, 6.45) is 0.574. The first-order valence-corrected chi connectivity index (χ1v) is 11.3. The van der Waals surface area contributed by atoms with Crippen molar-refractivity contribution in [3.63, 3.8) is 0 Å². The Morgan fingerprint density at radius 1 is 1.06 bits per heavy atom. The topological polar surface area (TPSA) is 85.8 Å². The molecule has 0 aliphatic carbocycles. The number of nitrogens with zero attached hydrogens (tertiary/aromatic N) is 2. The number of ether oxygens (including phenoxy) is 2. The van der Waals surface area contributed by atoms with Crippen LogP contribution in [0, 0.1) is 0 Å². The SMILES string of the molecule is COC(=O)c1cc(Cl)nc(Oc2ccc3c(c2)N(S(=O)(=O)c2ccc(Cl)cc2)CC3)c1. The maximum atomic E-state index is 13.1. The summed E-state index contributed by atoms with van der Waals surface area (Å²) >= 11 is 11.9. The van der Waals surface area contributed by atoms with Gasteiger partial charge in [-0.3, -0.25) is 4.31 Å². The van der Waals surface area contributed by atoms with Gasteiger partial charge in [-0.05, 0) is 48.4 Å². The Morgan fingerprint density at radius 2 is 1.81 bits per heavy atom. The van der Waals surface area contributed by atoms with Gasteiger partial charge in [-0.15, -0.1) is 0 Å². The van der Waals surface area contributed by atoms with Gasteiger partial charge in [0, 0.05) is 23.7 Å². The minimum absolute atomic E-state index is 0.0611. The number of benzene rings is 2. The van der Waals surface area contributed by atoms with E-state index >= 15 is 0 Å². The first-order chi connectivity index (χ1) is 14.8. The van der Waals surface area contributed by atoms with Gasteiger partial charge in [0.2, 0.25) is 5.88 Å². The van der Waals surface area contributed by atoms with Gasteiger partial charge in [-0.1, -0.05) is 29.3 Å². The molecule has 0 amide bonds. The van der Waals surface area contributed by atoms with Crippen LogP contribution in [0.4, 0.5) is 5.69 Å². The summed E-state index contributed by atoms with van der Waals surface area (Å²) in [5.41, 5.74) is 1.58. The monoisotopic (exact) mass is 478 g/mol. The zero-order valence-corrected chi connectivity index (χ0v) is 18.5. The Bertz CT molecular complexity index is 1260. The lowest BCUT2D eigenvalue weighted by Crippen LogP contribution is -2.29. The molecular weight excluding hydrogens is 463 g/mol. The number of anilines is 1. The van der Waals surface area contributed by atoms with Crippen LogP contribution in [0.1, 0.15) is 15.9 Å². The molecule has 31 heavy (non-hydrogen) atoms. The van der Waals surface area contributed by atoms with Crippen LogP contribution in [0.5, 0.6) is 11.6 Å². The molecule has 3 aromatic rings. The molecule has 0 fully saturated rings. The molecule has 0 bridgehead atoms. The van der Waals surface area contributed by atoms with Crippen LogP contribution in [0.3, 0.4) is 0 Å². The van der Waals surface area contributed by atoms with Gasteiger partial charge >= 0.3 is 5.97 Å². The molecule has 1 aliphatic rings. The number of aromatic nitrogens is 1. The minimum Gasteiger partial charge on any atom is -0.465 e. The highest BCUT2D eigenvalue weighted by Gasteiger charge is 2.31. The highest BCUT2D eigenvalue weighted by atomic mass is 35.5. The molecule has 0 spiro atoms. The molecule has 2 aromatic carbocycles. The number of fused-ring (bicyclic) bond motifs is 1. The van der Waals surface area contributed by atoms with Gasteiger partial charge in [0.05, 0.1) is 23.3 Å². The Morgan fingerprint density at radius 3 is 2.52 bits per heavy atom. The van der Waals surface area contributed by atoms with E-state index in [1.54, 1.807) is 18.2 Å². The predicted octanol–water partition coefficient (Wildman–Crippen LogP) is 4.72. The molecule has 10 heteroatoms. The summed E-state index contributed by atoms with van der Waals surface area (Å²) < 4.78 is 38.1. The second-order valence-corrected chi connectivity index (χ2v) is 9.37. The van der Waals surface area contributed by atoms with Crippen LogP contribution < -0.4 is 9.04 Å². The van der Waals surface area contributed by atoms with Crippen LogP contribution >= 0.6 is 23.2 Å². The fraction of sp³-hybridized carbons (Fsp3) is 0.143. The maximum Gasteiger partial charge on any atom is 0.338 e. The number of rotatable bonds is 5. The number of hydrogen-bond acceptors (Lipinski definition) is 6. The van der Waals surface area contributed by atoms with Gasteiger partial charge in [-0.2, -0.15) is 0 Å².